The van der Waals surface area contributed by atoms with Crippen LogP contribution in [0.1, 0.15) is 18.1 Å². The number of methoxy groups -OCH3 is 1. The van der Waals surface area contributed by atoms with Gasteiger partial charge in [0.1, 0.15) is 5.75 Å². The number of ether oxygens (including phenoxy) is 1. The second kappa shape index (κ2) is 8.44. The lowest BCUT2D eigenvalue weighted by atomic mass is 10.1. The van der Waals surface area contributed by atoms with Gasteiger partial charge in [-0.3, -0.25) is 19.8 Å². The molecule has 0 heterocycles. The van der Waals surface area contributed by atoms with Gasteiger partial charge in [0.25, 0.3) is 5.69 Å². The van der Waals surface area contributed by atoms with Crippen molar-refractivity contribution in [2.45, 2.75) is 26.4 Å². The number of nitrogens with one attached hydrogen (secondary N) is 1. The van der Waals surface area contributed by atoms with Crippen molar-refractivity contribution in [1.82, 2.24) is 4.90 Å². The number of nitrogens with zero attached hydrogens (tertiary/aromatic N) is 2. The van der Waals surface area contributed by atoms with Crippen molar-refractivity contribution in [2.24, 2.45) is 0 Å². The Labute approximate surface area is 152 Å². The Kier molecular flexibility index (Phi) is 6.30. The molecule has 2 aromatic carbocycles. The Morgan fingerprint density at radius 1 is 1.31 bits per heavy atom. The second-order valence-corrected chi connectivity index (χ2v) is 6.15. The molecule has 1 N–H and O–H groups in total. The van der Waals surface area contributed by atoms with Crippen LogP contribution in [-0.2, 0) is 11.3 Å². The molecule has 7 nitrogen and oxygen atoms in total. The van der Waals surface area contributed by atoms with E-state index in [9.17, 15) is 14.9 Å². The van der Waals surface area contributed by atoms with Gasteiger partial charge in [0.05, 0.1) is 29.8 Å². The van der Waals surface area contributed by atoms with Gasteiger partial charge in [-0.2, -0.15) is 0 Å². The molecule has 0 aromatic heterocycles. The zero-order chi connectivity index (χ0) is 19.3. The molecule has 0 aliphatic rings. The molecule has 7 heteroatoms. The fourth-order valence-corrected chi connectivity index (χ4v) is 2.53. The molecule has 0 aliphatic carbocycles. The number of aryl methyl sites for hydroxylation is 1. The predicted octanol–water partition coefficient (Wildman–Crippen LogP) is 3.37. The minimum Gasteiger partial charge on any atom is -0.494 e. The van der Waals surface area contributed by atoms with Crippen LogP contribution in [0.3, 0.4) is 0 Å². The van der Waals surface area contributed by atoms with E-state index in [-0.39, 0.29) is 17.3 Å². The number of amides is 1. The first-order valence-corrected chi connectivity index (χ1v) is 8.21. The number of nitro benzene ring substituents is 1. The maximum atomic E-state index is 12.6. The highest BCUT2D eigenvalue weighted by Crippen LogP contribution is 2.29. The van der Waals surface area contributed by atoms with Crippen LogP contribution < -0.4 is 10.1 Å². The number of nitro groups is 1. The van der Waals surface area contributed by atoms with Gasteiger partial charge in [-0.1, -0.05) is 24.3 Å². The van der Waals surface area contributed by atoms with Gasteiger partial charge in [-0.05, 0) is 38.1 Å². The zero-order valence-electron chi connectivity index (χ0n) is 15.4. The predicted molar refractivity (Wildman–Crippen MR) is 100 cm³/mol. The summed E-state index contributed by atoms with van der Waals surface area (Å²) in [6.45, 7) is 4.49. The fraction of sp³-hybridized carbons (Fsp3) is 0.316. The standard InChI is InChI=1S/C19H23N3O4/c1-13-7-5-6-8-15(13)12-21(3)14(2)19(23)20-17-10-9-16(22(24)25)11-18(17)26-4/h5-11,14H,12H2,1-4H3,(H,20,23)/t14-/m1/s1. The van der Waals surface area contributed by atoms with Crippen LogP contribution in [-0.4, -0.2) is 35.9 Å². The molecule has 2 aromatic rings. The lowest BCUT2D eigenvalue weighted by Gasteiger charge is -2.25. The normalized spacial score (nSPS) is 11.9. The van der Waals surface area contributed by atoms with Crippen LogP contribution in [0.2, 0.25) is 0 Å². The van der Waals surface area contributed by atoms with E-state index in [1.807, 2.05) is 50.1 Å². The highest BCUT2D eigenvalue weighted by atomic mass is 16.6. The van der Waals surface area contributed by atoms with Gasteiger partial charge in [0.15, 0.2) is 0 Å². The Hall–Kier alpha value is -2.93. The fourth-order valence-electron chi connectivity index (χ4n) is 2.53. The summed E-state index contributed by atoms with van der Waals surface area (Å²) in [5.41, 5.74) is 2.63. The largest absolute Gasteiger partial charge is 0.494 e. The molecule has 0 radical (unpaired) electrons. The van der Waals surface area contributed by atoms with E-state index in [1.165, 1.54) is 30.9 Å². The van der Waals surface area contributed by atoms with Crippen molar-refractivity contribution in [3.05, 3.63) is 63.7 Å². The van der Waals surface area contributed by atoms with Gasteiger partial charge >= 0.3 is 0 Å². The Morgan fingerprint density at radius 2 is 2.00 bits per heavy atom. The lowest BCUT2D eigenvalue weighted by molar-refractivity contribution is -0.384. The highest BCUT2D eigenvalue weighted by molar-refractivity contribution is 5.96. The summed E-state index contributed by atoms with van der Waals surface area (Å²) in [5, 5.41) is 13.6. The molecule has 0 spiro atoms. The number of hydrogen-bond acceptors (Lipinski definition) is 5. The first-order chi connectivity index (χ1) is 12.3. The molecule has 26 heavy (non-hydrogen) atoms. The highest BCUT2D eigenvalue weighted by Gasteiger charge is 2.21. The van der Waals surface area contributed by atoms with Gasteiger partial charge < -0.3 is 10.1 Å². The Morgan fingerprint density at radius 3 is 2.62 bits per heavy atom. The van der Waals surface area contributed by atoms with Crippen molar-refractivity contribution in [1.29, 1.82) is 0 Å². The van der Waals surface area contributed by atoms with Crippen LogP contribution in [0.4, 0.5) is 11.4 Å². The van der Waals surface area contributed by atoms with Crippen molar-refractivity contribution in [3.63, 3.8) is 0 Å². The number of carbonyl (C=O) groups is 1. The molecule has 1 amide bonds. The first-order valence-electron chi connectivity index (χ1n) is 8.21. The monoisotopic (exact) mass is 357 g/mol. The molecule has 0 fully saturated rings. The third kappa shape index (κ3) is 4.58. The van der Waals surface area contributed by atoms with E-state index in [0.717, 1.165) is 5.56 Å². The third-order valence-corrected chi connectivity index (χ3v) is 4.38. The summed E-state index contributed by atoms with van der Waals surface area (Å²) in [5.74, 6) is 0.0366. The minimum atomic E-state index is -0.507. The number of likely N-dealkylation sites (N-methyl/N-ethyl adjacent to an activating group) is 1. The van der Waals surface area contributed by atoms with Crippen LogP contribution >= 0.6 is 0 Å². The molecule has 0 bridgehead atoms. The van der Waals surface area contributed by atoms with Crippen molar-refractivity contribution in [2.75, 3.05) is 19.5 Å². The molecular formula is C19H23N3O4. The topological polar surface area (TPSA) is 84.7 Å². The van der Waals surface area contributed by atoms with Gasteiger partial charge in [0.2, 0.25) is 5.91 Å². The Bertz CT molecular complexity index is 807. The third-order valence-electron chi connectivity index (χ3n) is 4.38. The molecule has 2 rings (SSSR count). The SMILES string of the molecule is COc1cc([N+](=O)[O-])ccc1NC(=O)[C@@H](C)N(C)Cc1ccccc1C. The smallest absolute Gasteiger partial charge is 0.273 e. The van der Waals surface area contributed by atoms with Gasteiger partial charge in [-0.25, -0.2) is 0 Å². The first kappa shape index (κ1) is 19.4. The molecule has 0 saturated heterocycles. The average molecular weight is 357 g/mol. The molecular weight excluding hydrogens is 334 g/mol. The summed E-state index contributed by atoms with van der Waals surface area (Å²) >= 11 is 0. The van der Waals surface area contributed by atoms with E-state index in [0.29, 0.717) is 12.2 Å². The minimum absolute atomic E-state index is 0.0930. The number of hydrogen-bond donors (Lipinski definition) is 1. The van der Waals surface area contributed by atoms with E-state index < -0.39 is 11.0 Å². The maximum absolute atomic E-state index is 12.6. The number of benzene rings is 2. The summed E-state index contributed by atoms with van der Waals surface area (Å²) in [6, 6.07) is 11.7. The summed E-state index contributed by atoms with van der Waals surface area (Å²) < 4.78 is 5.16. The van der Waals surface area contributed by atoms with Crippen molar-refractivity contribution >= 4 is 17.3 Å². The van der Waals surface area contributed by atoms with Gasteiger partial charge in [-0.15, -0.1) is 0 Å². The lowest BCUT2D eigenvalue weighted by Crippen LogP contribution is -2.39. The van der Waals surface area contributed by atoms with Crippen LogP contribution in [0, 0.1) is 17.0 Å². The number of non-ortho nitro benzene ring substituents is 1. The number of carbonyl (C=O) groups excluding carboxylic acids is 1. The Balaban J connectivity index is 2.09. The zero-order valence-corrected chi connectivity index (χ0v) is 15.4. The molecule has 0 aliphatic heterocycles. The maximum Gasteiger partial charge on any atom is 0.273 e. The average Bonchev–Trinajstić information content (AvgIpc) is 2.62. The summed E-state index contributed by atoms with van der Waals surface area (Å²) in [7, 11) is 3.28. The van der Waals surface area contributed by atoms with E-state index in [2.05, 4.69) is 5.32 Å². The molecule has 0 saturated carbocycles. The molecule has 138 valence electrons. The molecule has 0 unspecified atom stereocenters. The summed E-state index contributed by atoms with van der Waals surface area (Å²) in [6.07, 6.45) is 0. The summed E-state index contributed by atoms with van der Waals surface area (Å²) in [4.78, 5) is 24.9. The van der Waals surface area contributed by atoms with E-state index in [4.69, 9.17) is 4.74 Å². The van der Waals surface area contributed by atoms with Crippen LogP contribution in [0.5, 0.6) is 5.75 Å². The van der Waals surface area contributed by atoms with E-state index >= 15 is 0 Å². The van der Waals surface area contributed by atoms with Gasteiger partial charge in [0, 0.05) is 12.6 Å². The van der Waals surface area contributed by atoms with Crippen molar-refractivity contribution < 1.29 is 14.5 Å². The van der Waals surface area contributed by atoms with E-state index in [1.54, 1.807) is 0 Å². The quantitative estimate of drug-likeness (QED) is 0.607. The number of rotatable bonds is 7. The number of anilines is 1. The van der Waals surface area contributed by atoms with Crippen molar-refractivity contribution in [3.8, 4) is 5.75 Å². The van der Waals surface area contributed by atoms with Crippen LogP contribution in [0.15, 0.2) is 42.5 Å². The second-order valence-electron chi connectivity index (χ2n) is 6.15. The molecule has 1 atom stereocenters. The van der Waals surface area contributed by atoms with Crippen LogP contribution in [0.25, 0.3) is 0 Å².